The maximum atomic E-state index is 5.87. The maximum Gasteiger partial charge on any atom is 0.118 e. The normalized spacial score (nSPS) is 12.8. The molecule has 0 saturated carbocycles. The Kier molecular flexibility index (Phi) is 8.55. The van der Waals surface area contributed by atoms with Crippen molar-refractivity contribution in [3.63, 3.8) is 0 Å². The van der Waals surface area contributed by atoms with Crippen molar-refractivity contribution >= 4 is 13.3 Å². The minimum absolute atomic E-state index is 0.0351. The van der Waals surface area contributed by atoms with Gasteiger partial charge in [0.1, 0.15) is 5.75 Å². The Morgan fingerprint density at radius 3 is 2.28 bits per heavy atom. The molecule has 0 N–H and O–H groups in total. The molecule has 2 aromatic rings. The number of ether oxygens (including phenoxy) is 2. The summed E-state index contributed by atoms with van der Waals surface area (Å²) >= 11 is 0. The lowest BCUT2D eigenvalue weighted by Gasteiger charge is -2.25. The fraction of sp³-hybridized carbons (Fsp3) is 0.462. The van der Waals surface area contributed by atoms with Crippen molar-refractivity contribution in [3.8, 4) is 17.6 Å². The van der Waals surface area contributed by atoms with Gasteiger partial charge in [-0.2, -0.15) is 0 Å². The molecule has 0 heterocycles. The summed E-state index contributed by atoms with van der Waals surface area (Å²) in [6.07, 6.45) is 0.933. The van der Waals surface area contributed by atoms with E-state index in [-0.39, 0.29) is 5.41 Å². The SMILES string of the molecule is COc1ccc(COCCC(C)(C)C#C[C@H](C)C[Si](C)(C)c2ccccc2)cc1. The van der Waals surface area contributed by atoms with Crippen LogP contribution in [-0.2, 0) is 11.3 Å². The highest BCUT2D eigenvalue weighted by atomic mass is 28.3. The fourth-order valence-corrected chi connectivity index (χ4v) is 6.41. The van der Waals surface area contributed by atoms with Crippen LogP contribution in [-0.4, -0.2) is 21.8 Å². The van der Waals surface area contributed by atoms with Gasteiger partial charge in [0.25, 0.3) is 0 Å². The topological polar surface area (TPSA) is 18.5 Å². The predicted molar refractivity (Wildman–Crippen MR) is 126 cm³/mol. The van der Waals surface area contributed by atoms with Crippen molar-refractivity contribution in [2.75, 3.05) is 13.7 Å². The van der Waals surface area contributed by atoms with E-state index in [0.717, 1.165) is 17.7 Å². The molecule has 2 aromatic carbocycles. The molecule has 29 heavy (non-hydrogen) atoms. The van der Waals surface area contributed by atoms with Crippen molar-refractivity contribution in [2.24, 2.45) is 11.3 Å². The monoisotopic (exact) mass is 408 g/mol. The molecule has 0 amide bonds. The molecule has 2 rings (SSSR count). The van der Waals surface area contributed by atoms with Gasteiger partial charge in [0.2, 0.25) is 0 Å². The first-order valence-electron chi connectivity index (χ1n) is 10.5. The minimum Gasteiger partial charge on any atom is -0.497 e. The number of rotatable bonds is 9. The van der Waals surface area contributed by atoms with E-state index in [2.05, 4.69) is 76.0 Å². The van der Waals surface area contributed by atoms with E-state index in [4.69, 9.17) is 9.47 Å². The molecule has 0 aliphatic carbocycles. The fourth-order valence-electron chi connectivity index (χ4n) is 3.44. The van der Waals surface area contributed by atoms with Gasteiger partial charge in [-0.1, -0.05) is 79.5 Å². The van der Waals surface area contributed by atoms with Crippen molar-refractivity contribution in [2.45, 2.75) is 52.9 Å². The zero-order valence-corrected chi connectivity index (χ0v) is 19.9. The maximum absolute atomic E-state index is 5.87. The Hall–Kier alpha value is -2.02. The first kappa shape index (κ1) is 23.3. The van der Waals surface area contributed by atoms with Gasteiger partial charge < -0.3 is 9.47 Å². The van der Waals surface area contributed by atoms with Crippen LogP contribution >= 0.6 is 0 Å². The van der Waals surface area contributed by atoms with E-state index >= 15 is 0 Å². The van der Waals surface area contributed by atoms with Crippen molar-refractivity contribution in [1.82, 2.24) is 0 Å². The molecule has 0 bridgehead atoms. The summed E-state index contributed by atoms with van der Waals surface area (Å²) in [5.74, 6) is 8.34. The predicted octanol–water partition coefficient (Wildman–Crippen LogP) is 5.88. The molecule has 2 nitrogen and oxygen atoms in total. The Morgan fingerprint density at radius 1 is 1.00 bits per heavy atom. The van der Waals surface area contributed by atoms with Gasteiger partial charge >= 0.3 is 0 Å². The molecule has 3 heteroatoms. The van der Waals surface area contributed by atoms with E-state index in [1.807, 2.05) is 24.3 Å². The first-order valence-corrected chi connectivity index (χ1v) is 13.7. The molecule has 0 aliphatic rings. The lowest BCUT2D eigenvalue weighted by Crippen LogP contribution is -2.42. The highest BCUT2D eigenvalue weighted by molar-refractivity contribution is 6.89. The van der Waals surface area contributed by atoms with Crippen LogP contribution in [0.1, 0.15) is 32.8 Å². The van der Waals surface area contributed by atoms with Gasteiger partial charge in [-0.3, -0.25) is 0 Å². The van der Waals surface area contributed by atoms with Crippen LogP contribution in [0.3, 0.4) is 0 Å². The highest BCUT2D eigenvalue weighted by Crippen LogP contribution is 2.22. The summed E-state index contributed by atoms with van der Waals surface area (Å²) in [6.45, 7) is 12.9. The van der Waals surface area contributed by atoms with E-state index in [0.29, 0.717) is 19.1 Å². The Labute approximate surface area is 178 Å². The lowest BCUT2D eigenvalue weighted by molar-refractivity contribution is 0.103. The van der Waals surface area contributed by atoms with Crippen LogP contribution in [0.4, 0.5) is 0 Å². The highest BCUT2D eigenvalue weighted by Gasteiger charge is 2.25. The molecule has 0 saturated heterocycles. The molecule has 0 aliphatic heterocycles. The van der Waals surface area contributed by atoms with Gasteiger partial charge in [0.05, 0.1) is 21.8 Å². The Morgan fingerprint density at radius 2 is 1.66 bits per heavy atom. The van der Waals surface area contributed by atoms with E-state index in [1.54, 1.807) is 7.11 Å². The molecule has 1 atom stereocenters. The van der Waals surface area contributed by atoms with Crippen molar-refractivity contribution < 1.29 is 9.47 Å². The van der Waals surface area contributed by atoms with Gasteiger partial charge in [-0.15, -0.1) is 0 Å². The third-order valence-electron chi connectivity index (χ3n) is 5.33. The molecule has 0 aromatic heterocycles. The summed E-state index contributed by atoms with van der Waals surface area (Å²) in [7, 11) is 0.230. The molecule has 0 fully saturated rings. The molecular formula is C26H36O2Si. The molecule has 156 valence electrons. The summed E-state index contributed by atoms with van der Waals surface area (Å²) in [5, 5.41) is 1.51. The minimum atomic E-state index is -1.45. The zero-order valence-electron chi connectivity index (χ0n) is 18.9. The number of methoxy groups -OCH3 is 1. The Bertz CT molecular complexity index is 798. The third-order valence-corrected chi connectivity index (χ3v) is 8.86. The summed E-state index contributed by atoms with van der Waals surface area (Å²) in [6, 6.07) is 20.2. The van der Waals surface area contributed by atoms with Gasteiger partial charge in [-0.05, 0) is 44.0 Å². The zero-order chi connectivity index (χ0) is 21.3. The average Bonchev–Trinajstić information content (AvgIpc) is 2.71. The van der Waals surface area contributed by atoms with Crippen LogP contribution in [0.25, 0.3) is 0 Å². The molecule has 0 spiro atoms. The van der Waals surface area contributed by atoms with Gasteiger partial charge in [-0.25, -0.2) is 0 Å². The van der Waals surface area contributed by atoms with Crippen LogP contribution in [0.15, 0.2) is 54.6 Å². The average molecular weight is 409 g/mol. The second-order valence-corrected chi connectivity index (χ2v) is 13.9. The standard InChI is InChI=1S/C26H36O2Si/c1-22(21-29(5,6)25-10-8-7-9-11-25)16-17-26(2,3)18-19-28-20-23-12-14-24(27-4)15-13-23/h7-15,22H,18-21H2,1-6H3/t22-/m0/s1. The van der Waals surface area contributed by atoms with Crippen LogP contribution in [0.2, 0.25) is 19.1 Å². The second kappa shape index (κ2) is 10.7. The van der Waals surface area contributed by atoms with E-state index in [1.165, 1.54) is 11.2 Å². The van der Waals surface area contributed by atoms with Crippen molar-refractivity contribution in [1.29, 1.82) is 0 Å². The largest absolute Gasteiger partial charge is 0.497 e. The first-order chi connectivity index (χ1) is 13.7. The van der Waals surface area contributed by atoms with E-state index in [9.17, 15) is 0 Å². The number of benzene rings is 2. The quantitative estimate of drug-likeness (QED) is 0.293. The molecule has 0 unspecified atom stereocenters. The Balaban J connectivity index is 1.80. The van der Waals surface area contributed by atoms with Crippen LogP contribution in [0.5, 0.6) is 5.75 Å². The summed E-state index contributed by atoms with van der Waals surface area (Å²) in [5.41, 5.74) is 1.13. The van der Waals surface area contributed by atoms with Gasteiger partial charge in [0, 0.05) is 17.9 Å². The molecule has 0 radical (unpaired) electrons. The van der Waals surface area contributed by atoms with Crippen LogP contribution < -0.4 is 9.92 Å². The molecular weight excluding hydrogens is 372 g/mol. The summed E-state index contributed by atoms with van der Waals surface area (Å²) in [4.78, 5) is 0. The second-order valence-electron chi connectivity index (χ2n) is 9.16. The number of hydrogen-bond donors (Lipinski definition) is 0. The summed E-state index contributed by atoms with van der Waals surface area (Å²) < 4.78 is 11.1. The number of hydrogen-bond acceptors (Lipinski definition) is 2. The van der Waals surface area contributed by atoms with E-state index < -0.39 is 8.07 Å². The third kappa shape index (κ3) is 8.09. The van der Waals surface area contributed by atoms with Crippen LogP contribution in [0, 0.1) is 23.2 Å². The van der Waals surface area contributed by atoms with Gasteiger partial charge in [0.15, 0.2) is 0 Å². The smallest absolute Gasteiger partial charge is 0.118 e. The van der Waals surface area contributed by atoms with Crippen molar-refractivity contribution in [3.05, 3.63) is 60.2 Å². The lowest BCUT2D eigenvalue weighted by atomic mass is 9.90.